The molecular formula is C22H22N4O4. The monoisotopic (exact) mass is 406 g/mol. The molecule has 2 aromatic heterocycles. The Bertz CT molecular complexity index is 1160. The van der Waals surface area contributed by atoms with Gasteiger partial charge in [0.15, 0.2) is 5.42 Å². The Morgan fingerprint density at radius 3 is 2.87 bits per heavy atom. The van der Waals surface area contributed by atoms with E-state index in [9.17, 15) is 9.90 Å². The second-order valence-corrected chi connectivity index (χ2v) is 7.46. The van der Waals surface area contributed by atoms with Crippen LogP contribution in [0, 0.1) is 0 Å². The number of aliphatic hydroxyl groups is 1. The zero-order valence-corrected chi connectivity index (χ0v) is 16.7. The third-order valence-electron chi connectivity index (χ3n) is 4.70. The summed E-state index contributed by atoms with van der Waals surface area (Å²) in [6.45, 7) is 4.24. The van der Waals surface area contributed by atoms with Gasteiger partial charge < -0.3 is 19.8 Å². The molecule has 3 heterocycles. The van der Waals surface area contributed by atoms with Gasteiger partial charge in [0.25, 0.3) is 11.8 Å². The number of amides is 1. The molecule has 0 spiro atoms. The van der Waals surface area contributed by atoms with E-state index < -0.39 is 5.60 Å². The van der Waals surface area contributed by atoms with Crippen molar-refractivity contribution in [3.8, 4) is 5.88 Å². The van der Waals surface area contributed by atoms with Crippen LogP contribution >= 0.6 is 0 Å². The van der Waals surface area contributed by atoms with Gasteiger partial charge in [-0.3, -0.25) is 4.79 Å². The quantitative estimate of drug-likeness (QED) is 0.631. The average Bonchev–Trinajstić information content (AvgIpc) is 3.20. The van der Waals surface area contributed by atoms with E-state index in [1.807, 2.05) is 30.3 Å². The first kappa shape index (κ1) is 19.7. The maximum atomic E-state index is 12.7. The minimum atomic E-state index is -0.903. The van der Waals surface area contributed by atoms with Crippen LogP contribution in [0.4, 0.5) is 0 Å². The highest BCUT2D eigenvalue weighted by molar-refractivity contribution is 5.96. The Labute approximate surface area is 173 Å². The standard InChI is InChI=1S/C22H22N4O4/c1-22(2,28)17-7-5-15(6-8-17)12-24-20(27)18-4-3-10-23-21(18)30-26-11-9-19-16(14-26)13-25-29-19/h3-10,13-14,28H,11-12H2,1-2H3,(H,24,27). The van der Waals surface area contributed by atoms with E-state index in [2.05, 4.69) is 15.5 Å². The fraction of sp³-hybridized carbons (Fsp3) is 0.227. The molecule has 4 rings (SSSR count). The van der Waals surface area contributed by atoms with Crippen LogP contribution in [0.25, 0.3) is 12.3 Å². The van der Waals surface area contributed by atoms with Gasteiger partial charge in [-0.25, -0.2) is 10.0 Å². The van der Waals surface area contributed by atoms with Crippen LogP contribution in [-0.4, -0.2) is 32.8 Å². The van der Waals surface area contributed by atoms with E-state index in [0.29, 0.717) is 24.1 Å². The number of benzene rings is 1. The van der Waals surface area contributed by atoms with Crippen molar-refractivity contribution >= 4 is 18.2 Å². The number of hydrogen-bond donors (Lipinski definition) is 2. The summed E-state index contributed by atoms with van der Waals surface area (Å²) >= 11 is 0. The number of pyridine rings is 1. The van der Waals surface area contributed by atoms with Gasteiger partial charge in [0.05, 0.1) is 29.8 Å². The molecule has 8 heteroatoms. The van der Waals surface area contributed by atoms with Crippen LogP contribution < -0.4 is 20.8 Å². The maximum Gasteiger partial charge on any atom is 0.258 e. The largest absolute Gasteiger partial charge is 0.386 e. The minimum absolute atomic E-state index is 0.205. The van der Waals surface area contributed by atoms with Crippen LogP contribution in [0.1, 0.15) is 35.3 Å². The molecule has 0 aliphatic carbocycles. The molecule has 1 aliphatic rings. The normalized spacial score (nSPS) is 13.1. The molecule has 1 amide bonds. The van der Waals surface area contributed by atoms with Crippen molar-refractivity contribution in [3.05, 3.63) is 76.1 Å². The number of nitrogens with zero attached hydrogens (tertiary/aromatic N) is 3. The first-order chi connectivity index (χ1) is 14.4. The number of carbonyl (C=O) groups is 1. The summed E-state index contributed by atoms with van der Waals surface area (Å²) in [6, 6.07) is 10.8. The smallest absolute Gasteiger partial charge is 0.258 e. The van der Waals surface area contributed by atoms with E-state index in [0.717, 1.165) is 16.3 Å². The van der Waals surface area contributed by atoms with Gasteiger partial charge in [-0.1, -0.05) is 29.4 Å². The lowest BCUT2D eigenvalue weighted by atomic mass is 9.97. The zero-order valence-electron chi connectivity index (χ0n) is 16.7. The Balaban J connectivity index is 1.43. The van der Waals surface area contributed by atoms with Gasteiger partial charge in [0, 0.05) is 12.7 Å². The third-order valence-corrected chi connectivity index (χ3v) is 4.70. The number of rotatable bonds is 6. The van der Waals surface area contributed by atoms with Crippen molar-refractivity contribution in [1.29, 1.82) is 0 Å². The number of aromatic nitrogens is 2. The number of fused-ring (bicyclic) bond motifs is 1. The molecule has 1 aliphatic heterocycles. The topological polar surface area (TPSA) is 101 Å². The molecule has 0 atom stereocenters. The zero-order chi connectivity index (χ0) is 21.1. The number of hydroxylamine groups is 2. The van der Waals surface area contributed by atoms with Crippen LogP contribution in [0.2, 0.25) is 0 Å². The summed E-state index contributed by atoms with van der Waals surface area (Å²) < 4.78 is 5.10. The first-order valence-corrected chi connectivity index (χ1v) is 9.52. The van der Waals surface area contributed by atoms with Crippen molar-refractivity contribution in [2.24, 2.45) is 0 Å². The minimum Gasteiger partial charge on any atom is -0.386 e. The molecule has 2 N–H and O–H groups in total. The lowest BCUT2D eigenvalue weighted by Crippen LogP contribution is -2.35. The van der Waals surface area contributed by atoms with Crippen molar-refractivity contribution in [1.82, 2.24) is 20.5 Å². The van der Waals surface area contributed by atoms with Gasteiger partial charge >= 0.3 is 0 Å². The average molecular weight is 406 g/mol. The molecule has 154 valence electrons. The van der Waals surface area contributed by atoms with Crippen LogP contribution in [0.15, 0.2) is 53.3 Å². The van der Waals surface area contributed by atoms with Crippen molar-refractivity contribution < 1.29 is 19.3 Å². The van der Waals surface area contributed by atoms with Crippen LogP contribution in [-0.2, 0) is 12.1 Å². The predicted molar refractivity (Wildman–Crippen MR) is 109 cm³/mol. The Morgan fingerprint density at radius 2 is 2.10 bits per heavy atom. The summed E-state index contributed by atoms with van der Waals surface area (Å²) in [5.41, 5.74) is 1.84. The van der Waals surface area contributed by atoms with Crippen LogP contribution in [0.5, 0.6) is 5.88 Å². The molecule has 8 nitrogen and oxygen atoms in total. The van der Waals surface area contributed by atoms with Gasteiger partial charge in [-0.15, -0.1) is 0 Å². The molecular weight excluding hydrogens is 384 g/mol. The van der Waals surface area contributed by atoms with Gasteiger partial charge in [0.1, 0.15) is 5.56 Å². The fourth-order valence-corrected chi connectivity index (χ4v) is 3.01. The second-order valence-electron chi connectivity index (χ2n) is 7.46. The summed E-state index contributed by atoms with van der Waals surface area (Å²) in [6.07, 6.45) is 6.74. The van der Waals surface area contributed by atoms with E-state index in [-0.39, 0.29) is 11.8 Å². The number of hydrogen-bond acceptors (Lipinski definition) is 7. The van der Waals surface area contributed by atoms with Gasteiger partial charge in [0.2, 0.25) is 0 Å². The molecule has 0 radical (unpaired) electrons. The van der Waals surface area contributed by atoms with Gasteiger partial charge in [-0.05, 0) is 43.2 Å². The van der Waals surface area contributed by atoms with Crippen molar-refractivity contribution in [2.75, 3.05) is 6.54 Å². The summed E-state index contributed by atoms with van der Waals surface area (Å²) in [7, 11) is 0. The lowest BCUT2D eigenvalue weighted by Gasteiger charge is -2.20. The maximum absolute atomic E-state index is 12.7. The highest BCUT2D eigenvalue weighted by atomic mass is 16.7. The Kier molecular flexibility index (Phi) is 5.24. The predicted octanol–water partition coefficient (Wildman–Crippen LogP) is 1.06. The van der Waals surface area contributed by atoms with Crippen LogP contribution in [0.3, 0.4) is 0 Å². The molecule has 0 saturated carbocycles. The highest BCUT2D eigenvalue weighted by Gasteiger charge is 2.18. The third kappa shape index (κ3) is 4.33. The summed E-state index contributed by atoms with van der Waals surface area (Å²) in [4.78, 5) is 22.8. The number of carbonyl (C=O) groups excluding carboxylic acids is 1. The molecule has 0 bridgehead atoms. The summed E-state index contributed by atoms with van der Waals surface area (Å²) in [5, 5.41) is 19.0. The van der Waals surface area contributed by atoms with Gasteiger partial charge in [-0.2, -0.15) is 0 Å². The molecule has 0 unspecified atom stereocenters. The Morgan fingerprint density at radius 1 is 1.30 bits per heavy atom. The van der Waals surface area contributed by atoms with E-state index >= 15 is 0 Å². The Hall–Kier alpha value is -3.65. The molecule has 3 aromatic rings. The number of nitrogens with one attached hydrogen (secondary N) is 1. The van der Waals surface area contributed by atoms with E-state index in [1.54, 1.807) is 49.6 Å². The molecule has 1 aromatic carbocycles. The SMILES string of the molecule is CC(C)(O)c1ccc(CNC(=O)c2cccnc2ON2C=c3cnoc3=CC2)cc1. The molecule has 0 saturated heterocycles. The fourth-order valence-electron chi connectivity index (χ4n) is 3.01. The summed E-state index contributed by atoms with van der Waals surface area (Å²) in [5.74, 6) is -0.0896. The van der Waals surface area contributed by atoms with E-state index in [1.165, 1.54) is 0 Å². The second kappa shape index (κ2) is 8.00. The van der Waals surface area contributed by atoms with E-state index in [4.69, 9.17) is 9.36 Å². The molecule has 30 heavy (non-hydrogen) atoms. The van der Waals surface area contributed by atoms with Crippen molar-refractivity contribution in [3.63, 3.8) is 0 Å². The highest BCUT2D eigenvalue weighted by Crippen LogP contribution is 2.20. The lowest BCUT2D eigenvalue weighted by molar-refractivity contribution is 0.0204. The first-order valence-electron chi connectivity index (χ1n) is 9.52. The van der Waals surface area contributed by atoms with Crippen molar-refractivity contribution in [2.45, 2.75) is 26.0 Å². The molecule has 0 fully saturated rings.